The Morgan fingerprint density at radius 1 is 1.03 bits per heavy atom. The number of aromatic nitrogens is 5. The highest BCUT2D eigenvalue weighted by Gasteiger charge is 2.19. The minimum atomic E-state index is -0.390. The summed E-state index contributed by atoms with van der Waals surface area (Å²) in [6.07, 6.45) is 1.72. The molecule has 7 nitrogen and oxygen atoms in total. The van der Waals surface area contributed by atoms with Crippen molar-refractivity contribution < 1.29 is 9.13 Å². The molecule has 176 valence electrons. The van der Waals surface area contributed by atoms with Gasteiger partial charge in [0.15, 0.2) is 11.0 Å². The molecule has 0 amide bonds. The lowest BCUT2D eigenvalue weighted by molar-refractivity contribution is 0.340. The van der Waals surface area contributed by atoms with Crippen molar-refractivity contribution in [1.82, 2.24) is 24.1 Å². The highest BCUT2D eigenvalue weighted by molar-refractivity contribution is 7.98. The van der Waals surface area contributed by atoms with Gasteiger partial charge in [-0.3, -0.25) is 13.8 Å². The molecule has 0 N–H and O–H groups in total. The SMILES string of the molecule is CCOc1ccc(-c2nnc(SCc3cc(=O)n4ccc(C)cc4n3)n2-c2ccccc2F)cc1. The van der Waals surface area contributed by atoms with E-state index in [2.05, 4.69) is 15.2 Å². The minimum Gasteiger partial charge on any atom is -0.494 e. The minimum absolute atomic E-state index is 0.156. The second-order valence-corrected chi connectivity index (χ2v) is 8.80. The molecular weight excluding hydrogens is 465 g/mol. The summed E-state index contributed by atoms with van der Waals surface area (Å²) in [5.74, 6) is 1.23. The maximum atomic E-state index is 14.9. The Balaban J connectivity index is 1.52. The number of fused-ring (bicyclic) bond motifs is 1. The largest absolute Gasteiger partial charge is 0.494 e. The molecule has 0 fully saturated rings. The van der Waals surface area contributed by atoms with Gasteiger partial charge in [-0.25, -0.2) is 9.37 Å². The Morgan fingerprint density at radius 3 is 2.60 bits per heavy atom. The van der Waals surface area contributed by atoms with Crippen molar-refractivity contribution in [2.75, 3.05) is 6.61 Å². The summed E-state index contributed by atoms with van der Waals surface area (Å²) in [7, 11) is 0. The monoisotopic (exact) mass is 487 g/mol. The number of nitrogens with zero attached hydrogens (tertiary/aromatic N) is 5. The number of aryl methyl sites for hydroxylation is 1. The Labute approximate surface area is 205 Å². The molecule has 0 unspecified atom stereocenters. The summed E-state index contributed by atoms with van der Waals surface area (Å²) in [6.45, 7) is 4.44. The second-order valence-electron chi connectivity index (χ2n) is 7.86. The molecule has 0 saturated heterocycles. The molecule has 0 aliphatic carbocycles. The molecule has 0 aliphatic heterocycles. The van der Waals surface area contributed by atoms with Gasteiger partial charge in [-0.15, -0.1) is 10.2 Å². The Bertz CT molecular complexity index is 1560. The average Bonchev–Trinajstić information content (AvgIpc) is 3.27. The van der Waals surface area contributed by atoms with Gasteiger partial charge in [-0.1, -0.05) is 23.9 Å². The first-order valence-electron chi connectivity index (χ1n) is 11.1. The van der Waals surface area contributed by atoms with Crippen LogP contribution in [0.15, 0.2) is 82.9 Å². The first-order valence-corrected chi connectivity index (χ1v) is 12.1. The lowest BCUT2D eigenvalue weighted by atomic mass is 10.2. The van der Waals surface area contributed by atoms with Gasteiger partial charge < -0.3 is 4.74 Å². The molecular formula is C26H22FN5O2S. The van der Waals surface area contributed by atoms with E-state index in [1.54, 1.807) is 29.0 Å². The number of para-hydroxylation sites is 1. The molecule has 0 radical (unpaired) electrons. The van der Waals surface area contributed by atoms with Crippen LogP contribution in [0.3, 0.4) is 0 Å². The molecule has 0 saturated carbocycles. The number of hydrogen-bond acceptors (Lipinski definition) is 6. The van der Waals surface area contributed by atoms with Crippen LogP contribution in [-0.2, 0) is 5.75 Å². The van der Waals surface area contributed by atoms with Crippen molar-refractivity contribution in [2.24, 2.45) is 0 Å². The zero-order chi connectivity index (χ0) is 24.4. The fourth-order valence-corrected chi connectivity index (χ4v) is 4.57. The van der Waals surface area contributed by atoms with Crippen molar-refractivity contribution in [3.05, 3.63) is 100 Å². The highest BCUT2D eigenvalue weighted by Crippen LogP contribution is 2.31. The van der Waals surface area contributed by atoms with Crippen LogP contribution in [0.2, 0.25) is 0 Å². The third-order valence-corrected chi connectivity index (χ3v) is 6.34. The van der Waals surface area contributed by atoms with Crippen molar-refractivity contribution in [3.63, 3.8) is 0 Å². The molecule has 5 aromatic rings. The summed E-state index contributed by atoms with van der Waals surface area (Å²) < 4.78 is 23.6. The van der Waals surface area contributed by atoms with Crippen molar-refractivity contribution in [2.45, 2.75) is 24.8 Å². The van der Waals surface area contributed by atoms with Crippen molar-refractivity contribution in [1.29, 1.82) is 0 Å². The van der Waals surface area contributed by atoms with E-state index >= 15 is 0 Å². The number of ether oxygens (including phenoxy) is 1. The zero-order valence-electron chi connectivity index (χ0n) is 19.2. The van der Waals surface area contributed by atoms with Crippen LogP contribution >= 0.6 is 11.8 Å². The van der Waals surface area contributed by atoms with Gasteiger partial charge in [0, 0.05) is 23.6 Å². The molecule has 2 aromatic carbocycles. The molecule has 0 spiro atoms. The number of rotatable bonds is 7. The normalized spacial score (nSPS) is 11.2. The van der Waals surface area contributed by atoms with Gasteiger partial charge >= 0.3 is 0 Å². The third-order valence-electron chi connectivity index (χ3n) is 5.38. The summed E-state index contributed by atoms with van der Waals surface area (Å²) in [5, 5.41) is 9.21. The topological polar surface area (TPSA) is 74.3 Å². The van der Waals surface area contributed by atoms with E-state index in [1.807, 2.05) is 50.2 Å². The first kappa shape index (κ1) is 22.8. The van der Waals surface area contributed by atoms with Crippen molar-refractivity contribution >= 4 is 17.4 Å². The van der Waals surface area contributed by atoms with E-state index in [9.17, 15) is 9.18 Å². The van der Waals surface area contributed by atoms with E-state index < -0.39 is 0 Å². The van der Waals surface area contributed by atoms with Gasteiger partial charge in [0.1, 0.15) is 17.2 Å². The third kappa shape index (κ3) is 4.67. The fraction of sp³-hybridized carbons (Fsp3) is 0.154. The van der Waals surface area contributed by atoms with E-state index in [4.69, 9.17) is 4.74 Å². The summed E-state index contributed by atoms with van der Waals surface area (Å²) in [4.78, 5) is 17.2. The molecule has 0 aliphatic rings. The molecule has 0 atom stereocenters. The number of hydrogen-bond donors (Lipinski definition) is 0. The van der Waals surface area contributed by atoms with Crippen molar-refractivity contribution in [3.8, 4) is 22.8 Å². The maximum absolute atomic E-state index is 14.9. The first-order chi connectivity index (χ1) is 17.0. The van der Waals surface area contributed by atoms with Crippen LogP contribution in [-0.4, -0.2) is 30.8 Å². The van der Waals surface area contributed by atoms with Crippen LogP contribution in [0.25, 0.3) is 22.7 Å². The van der Waals surface area contributed by atoms with E-state index in [1.165, 1.54) is 28.3 Å². The lowest BCUT2D eigenvalue weighted by Crippen LogP contribution is -2.15. The van der Waals surface area contributed by atoms with Gasteiger partial charge in [0.05, 0.1) is 18.0 Å². The Kier molecular flexibility index (Phi) is 6.33. The smallest absolute Gasteiger partial charge is 0.258 e. The summed E-state index contributed by atoms with van der Waals surface area (Å²) >= 11 is 1.34. The predicted octanol–water partition coefficient (Wildman–Crippen LogP) is 5.08. The molecule has 3 heterocycles. The number of thioether (sulfide) groups is 1. The molecule has 9 heteroatoms. The maximum Gasteiger partial charge on any atom is 0.258 e. The van der Waals surface area contributed by atoms with Crippen LogP contribution in [0.4, 0.5) is 4.39 Å². The summed E-state index contributed by atoms with van der Waals surface area (Å²) in [5.41, 5.74) is 3.16. The Morgan fingerprint density at radius 2 is 1.83 bits per heavy atom. The van der Waals surface area contributed by atoms with E-state index in [0.717, 1.165) is 16.9 Å². The van der Waals surface area contributed by atoms with Gasteiger partial charge in [-0.05, 0) is 67.9 Å². The highest BCUT2D eigenvalue weighted by atomic mass is 32.2. The lowest BCUT2D eigenvalue weighted by Gasteiger charge is -2.12. The number of benzene rings is 2. The zero-order valence-corrected chi connectivity index (χ0v) is 20.0. The van der Waals surface area contributed by atoms with Gasteiger partial charge in [0.25, 0.3) is 5.56 Å². The van der Waals surface area contributed by atoms with Gasteiger partial charge in [-0.2, -0.15) is 0 Å². The number of pyridine rings is 1. The standard InChI is InChI=1S/C26H22FN5O2S/c1-3-34-20-10-8-18(9-11-20)25-29-30-26(32(25)22-7-5-4-6-21(22)27)35-16-19-15-24(33)31-13-12-17(2)14-23(31)28-19/h4-15H,3,16H2,1-2H3. The van der Waals surface area contributed by atoms with Crippen LogP contribution in [0, 0.1) is 12.7 Å². The van der Waals surface area contributed by atoms with Crippen LogP contribution < -0.4 is 10.3 Å². The van der Waals surface area contributed by atoms with Gasteiger partial charge in [0.2, 0.25) is 0 Å². The quantitative estimate of drug-likeness (QED) is 0.298. The second kappa shape index (κ2) is 9.71. The van der Waals surface area contributed by atoms with Crippen LogP contribution in [0.1, 0.15) is 18.2 Å². The van der Waals surface area contributed by atoms with E-state index in [-0.39, 0.29) is 11.4 Å². The van der Waals surface area contributed by atoms with Crippen LogP contribution in [0.5, 0.6) is 5.75 Å². The Hall–Kier alpha value is -3.98. The average molecular weight is 488 g/mol. The predicted molar refractivity (Wildman–Crippen MR) is 134 cm³/mol. The molecule has 3 aromatic heterocycles. The summed E-state index contributed by atoms with van der Waals surface area (Å²) in [6, 6.07) is 19.2. The number of halogens is 1. The molecule has 5 rings (SSSR count). The fourth-order valence-electron chi connectivity index (χ4n) is 3.73. The van der Waals surface area contributed by atoms with E-state index in [0.29, 0.717) is 40.4 Å². The molecule has 35 heavy (non-hydrogen) atoms. The molecule has 0 bridgehead atoms.